The molecule has 6 heteroatoms. The Balaban J connectivity index is 1.80. The number of hydrogen-bond acceptors (Lipinski definition) is 5. The molecule has 1 unspecified atom stereocenters. The molecule has 0 aromatic heterocycles. The molecule has 0 aromatic rings. The SMILES string of the molecule is CCCCCC(C=C[C@@H]1[C@@H](CCCCCC(=O)O)[C@H]2C[C@H]1OO2)OO. The molecule has 0 radical (unpaired) electrons. The molecule has 1 heterocycles. The van der Waals surface area contributed by atoms with E-state index in [1.165, 1.54) is 0 Å². The van der Waals surface area contributed by atoms with Crippen LogP contribution in [0.2, 0.25) is 0 Å². The number of aliphatic carboxylic acids is 1. The molecule has 0 amide bonds. The lowest BCUT2D eigenvalue weighted by Crippen LogP contribution is -2.29. The van der Waals surface area contributed by atoms with Crippen molar-refractivity contribution in [1.82, 2.24) is 0 Å². The van der Waals surface area contributed by atoms with Crippen LogP contribution in [0.1, 0.15) is 71.1 Å². The zero-order valence-electron chi connectivity index (χ0n) is 15.1. The fraction of sp³-hybridized carbons (Fsp3) is 0.842. The Morgan fingerprint density at radius 3 is 2.72 bits per heavy atom. The third kappa shape index (κ3) is 6.37. The van der Waals surface area contributed by atoms with Gasteiger partial charge in [-0.25, -0.2) is 14.7 Å². The Morgan fingerprint density at radius 1 is 1.20 bits per heavy atom. The van der Waals surface area contributed by atoms with Gasteiger partial charge >= 0.3 is 5.97 Å². The Bertz CT molecular complexity index is 424. The lowest BCUT2D eigenvalue weighted by Gasteiger charge is -2.28. The van der Waals surface area contributed by atoms with Gasteiger partial charge in [0, 0.05) is 18.8 Å². The van der Waals surface area contributed by atoms with Gasteiger partial charge in [-0.05, 0) is 25.2 Å². The average molecular weight is 356 g/mol. The lowest BCUT2D eigenvalue weighted by molar-refractivity contribution is -0.337. The summed E-state index contributed by atoms with van der Waals surface area (Å²) in [6.07, 6.45) is 13.0. The summed E-state index contributed by atoms with van der Waals surface area (Å²) in [5.74, 6) is -0.0487. The number of fused-ring (bicyclic) bond motifs is 2. The number of carbonyl (C=O) groups is 1. The molecule has 25 heavy (non-hydrogen) atoms. The summed E-state index contributed by atoms with van der Waals surface area (Å²) in [6, 6.07) is 0. The van der Waals surface area contributed by atoms with Crippen molar-refractivity contribution in [3.05, 3.63) is 12.2 Å². The summed E-state index contributed by atoms with van der Waals surface area (Å²) in [5, 5.41) is 17.8. The van der Waals surface area contributed by atoms with Gasteiger partial charge in [-0.2, -0.15) is 0 Å². The Hall–Kier alpha value is -0.950. The van der Waals surface area contributed by atoms with E-state index < -0.39 is 5.97 Å². The number of carboxylic acid groups (broad SMARTS) is 1. The normalized spacial score (nSPS) is 29.5. The molecular weight excluding hydrogens is 324 g/mol. The van der Waals surface area contributed by atoms with E-state index in [-0.39, 0.29) is 30.7 Å². The summed E-state index contributed by atoms with van der Waals surface area (Å²) in [6.45, 7) is 2.15. The molecule has 2 N–H and O–H groups in total. The Kier molecular flexibility index (Phi) is 8.89. The second kappa shape index (κ2) is 10.9. The molecule has 1 saturated carbocycles. The first-order valence-electron chi connectivity index (χ1n) is 9.68. The predicted octanol–water partition coefficient (Wildman–Crippen LogP) is 4.35. The highest BCUT2D eigenvalue weighted by atomic mass is 17.2. The van der Waals surface area contributed by atoms with Gasteiger partial charge in [0.1, 0.15) is 12.2 Å². The van der Waals surface area contributed by atoms with E-state index in [1.54, 1.807) is 0 Å². The van der Waals surface area contributed by atoms with Crippen LogP contribution in [0.15, 0.2) is 12.2 Å². The van der Waals surface area contributed by atoms with Gasteiger partial charge in [0.25, 0.3) is 0 Å². The van der Waals surface area contributed by atoms with E-state index in [0.717, 1.165) is 57.8 Å². The van der Waals surface area contributed by atoms with Crippen LogP contribution in [0.4, 0.5) is 0 Å². The van der Waals surface area contributed by atoms with Crippen LogP contribution in [0.3, 0.4) is 0 Å². The Labute approximate surface area is 150 Å². The minimum Gasteiger partial charge on any atom is -0.481 e. The maximum atomic E-state index is 10.6. The van der Waals surface area contributed by atoms with Gasteiger partial charge in [-0.3, -0.25) is 10.1 Å². The molecule has 5 atom stereocenters. The summed E-state index contributed by atoms with van der Waals surface area (Å²) in [4.78, 5) is 25.9. The standard InChI is InChI=1S/C19H32O6/c1-2-3-5-8-14(23-22)11-12-16-15(17-13-18(16)25-24-17)9-6-4-7-10-19(20)21/h11-12,14-18,22H,2-10,13H2,1H3,(H,20,21)/t14?,15-,16-,17-,18-/m1/s1. The molecular formula is C19H32O6. The van der Waals surface area contributed by atoms with Crippen molar-refractivity contribution in [2.45, 2.75) is 89.4 Å². The van der Waals surface area contributed by atoms with Crippen LogP contribution >= 0.6 is 0 Å². The van der Waals surface area contributed by atoms with Gasteiger partial charge in [0.2, 0.25) is 0 Å². The number of hydrogen-bond donors (Lipinski definition) is 2. The first-order chi connectivity index (χ1) is 12.2. The van der Waals surface area contributed by atoms with Crippen molar-refractivity contribution >= 4 is 5.97 Å². The fourth-order valence-electron chi connectivity index (χ4n) is 3.95. The molecule has 1 saturated heterocycles. The van der Waals surface area contributed by atoms with E-state index in [0.29, 0.717) is 5.92 Å². The molecule has 1 aliphatic heterocycles. The molecule has 2 rings (SSSR count). The van der Waals surface area contributed by atoms with Crippen molar-refractivity contribution in [3.8, 4) is 0 Å². The van der Waals surface area contributed by atoms with Crippen molar-refractivity contribution in [2.75, 3.05) is 0 Å². The highest BCUT2D eigenvalue weighted by molar-refractivity contribution is 5.66. The summed E-state index contributed by atoms with van der Waals surface area (Å²) < 4.78 is 0. The number of carboxylic acids is 1. The molecule has 2 aliphatic rings. The van der Waals surface area contributed by atoms with E-state index in [2.05, 4.69) is 17.9 Å². The van der Waals surface area contributed by atoms with E-state index in [1.807, 2.05) is 6.08 Å². The van der Waals surface area contributed by atoms with E-state index >= 15 is 0 Å². The third-order valence-corrected chi connectivity index (χ3v) is 5.37. The van der Waals surface area contributed by atoms with E-state index in [9.17, 15) is 4.79 Å². The predicted molar refractivity (Wildman–Crippen MR) is 92.8 cm³/mol. The topological polar surface area (TPSA) is 85.2 Å². The maximum absolute atomic E-state index is 10.6. The molecule has 0 aromatic carbocycles. The van der Waals surface area contributed by atoms with Gasteiger partial charge in [0.15, 0.2) is 0 Å². The molecule has 144 valence electrons. The average Bonchev–Trinajstić information content (AvgIpc) is 3.19. The van der Waals surface area contributed by atoms with Crippen LogP contribution in [0.5, 0.6) is 0 Å². The highest BCUT2D eigenvalue weighted by Gasteiger charge is 2.49. The minimum atomic E-state index is -0.726. The number of rotatable bonds is 13. The summed E-state index contributed by atoms with van der Waals surface area (Å²) >= 11 is 0. The van der Waals surface area contributed by atoms with Crippen LogP contribution in [-0.4, -0.2) is 34.6 Å². The van der Waals surface area contributed by atoms with Gasteiger partial charge in [-0.1, -0.05) is 51.2 Å². The van der Waals surface area contributed by atoms with Crippen molar-refractivity contribution in [1.29, 1.82) is 0 Å². The molecule has 6 nitrogen and oxygen atoms in total. The first-order valence-corrected chi connectivity index (χ1v) is 9.68. The smallest absolute Gasteiger partial charge is 0.303 e. The van der Waals surface area contributed by atoms with Crippen molar-refractivity contribution < 1.29 is 29.8 Å². The van der Waals surface area contributed by atoms with Gasteiger partial charge in [-0.15, -0.1) is 0 Å². The zero-order valence-corrected chi connectivity index (χ0v) is 15.1. The van der Waals surface area contributed by atoms with Crippen LogP contribution in [-0.2, 0) is 19.5 Å². The monoisotopic (exact) mass is 356 g/mol. The van der Waals surface area contributed by atoms with E-state index in [4.69, 9.17) is 20.1 Å². The number of unbranched alkanes of at least 4 members (excludes halogenated alkanes) is 4. The molecule has 2 fully saturated rings. The van der Waals surface area contributed by atoms with Crippen LogP contribution in [0, 0.1) is 11.8 Å². The third-order valence-electron chi connectivity index (χ3n) is 5.37. The van der Waals surface area contributed by atoms with Gasteiger partial charge in [0.05, 0.1) is 6.10 Å². The minimum absolute atomic E-state index is 0.0836. The zero-order chi connectivity index (χ0) is 18.1. The van der Waals surface area contributed by atoms with Crippen molar-refractivity contribution in [3.63, 3.8) is 0 Å². The molecule has 0 spiro atoms. The molecule has 2 bridgehead atoms. The quantitative estimate of drug-likeness (QED) is 0.221. The summed E-state index contributed by atoms with van der Waals surface area (Å²) in [7, 11) is 0. The lowest BCUT2D eigenvalue weighted by atomic mass is 9.87. The van der Waals surface area contributed by atoms with Gasteiger partial charge < -0.3 is 5.11 Å². The van der Waals surface area contributed by atoms with Crippen LogP contribution in [0.25, 0.3) is 0 Å². The van der Waals surface area contributed by atoms with Crippen LogP contribution < -0.4 is 0 Å². The largest absolute Gasteiger partial charge is 0.481 e. The molecule has 1 aliphatic carbocycles. The fourth-order valence-corrected chi connectivity index (χ4v) is 3.95. The second-order valence-corrected chi connectivity index (χ2v) is 7.26. The second-order valence-electron chi connectivity index (χ2n) is 7.26. The van der Waals surface area contributed by atoms with Crippen molar-refractivity contribution in [2.24, 2.45) is 11.8 Å². The highest BCUT2D eigenvalue weighted by Crippen LogP contribution is 2.45. The Morgan fingerprint density at radius 2 is 2.00 bits per heavy atom. The first kappa shape index (κ1) is 20.4. The summed E-state index contributed by atoms with van der Waals surface area (Å²) in [5.41, 5.74) is 0. The maximum Gasteiger partial charge on any atom is 0.303 e.